The number of nitrogens with zero attached hydrogens (tertiary/aromatic N) is 1. The van der Waals surface area contributed by atoms with Crippen LogP contribution in [0.25, 0.3) is 44.1 Å². The minimum atomic E-state index is -0.219. The molecule has 0 saturated carbocycles. The molecule has 132 valence electrons. The van der Waals surface area contributed by atoms with Gasteiger partial charge >= 0.3 is 0 Å². The number of pyridine rings is 1. The van der Waals surface area contributed by atoms with Gasteiger partial charge in [0.15, 0.2) is 0 Å². The largest absolute Gasteiger partial charge is 0.455 e. The number of fused-ring (bicyclic) bond motifs is 4. The van der Waals surface area contributed by atoms with Gasteiger partial charge in [-0.25, -0.2) is 4.39 Å². The maximum absolute atomic E-state index is 14.9. The Kier molecular flexibility index (Phi) is 3.35. The molecule has 0 unspecified atom stereocenters. The van der Waals surface area contributed by atoms with Crippen molar-refractivity contribution in [3.63, 3.8) is 0 Å². The summed E-state index contributed by atoms with van der Waals surface area (Å²) in [5.74, 6) is -0.219. The number of aromatic nitrogens is 1. The molecule has 0 aliphatic carbocycles. The monoisotopic (exact) mass is 356 g/mol. The highest BCUT2D eigenvalue weighted by molar-refractivity contribution is 6.10. The van der Waals surface area contributed by atoms with Crippen LogP contribution in [-0.2, 0) is 7.05 Å². The van der Waals surface area contributed by atoms with Crippen LogP contribution in [0.5, 0.6) is 0 Å². The molecule has 0 bridgehead atoms. The Hall–Kier alpha value is -3.20. The first kappa shape index (κ1) is 16.0. The third-order valence-corrected chi connectivity index (χ3v) is 5.59. The molecule has 0 N–H and O–H groups in total. The van der Waals surface area contributed by atoms with E-state index in [1.807, 2.05) is 54.1 Å². The second-order valence-corrected chi connectivity index (χ2v) is 7.12. The van der Waals surface area contributed by atoms with Gasteiger partial charge in [0.25, 0.3) is 0 Å². The van der Waals surface area contributed by atoms with E-state index in [2.05, 4.69) is 26.0 Å². The van der Waals surface area contributed by atoms with E-state index < -0.39 is 0 Å². The van der Waals surface area contributed by atoms with Crippen LogP contribution in [0.15, 0.2) is 65.1 Å². The lowest BCUT2D eigenvalue weighted by atomic mass is 9.96. The number of hydrogen-bond acceptors (Lipinski definition) is 1. The van der Waals surface area contributed by atoms with Crippen LogP contribution < -0.4 is 4.57 Å². The predicted molar refractivity (Wildman–Crippen MR) is 107 cm³/mol. The average Bonchev–Trinajstić information content (AvgIpc) is 3.04. The topological polar surface area (TPSA) is 17.0 Å². The Bertz CT molecular complexity index is 1360. The zero-order valence-corrected chi connectivity index (χ0v) is 15.5. The van der Waals surface area contributed by atoms with E-state index in [1.165, 1.54) is 0 Å². The second kappa shape index (κ2) is 5.65. The van der Waals surface area contributed by atoms with Gasteiger partial charge in [-0.05, 0) is 43.2 Å². The van der Waals surface area contributed by atoms with Gasteiger partial charge in [-0.2, -0.15) is 4.57 Å². The van der Waals surface area contributed by atoms with Gasteiger partial charge in [0.2, 0.25) is 11.2 Å². The van der Waals surface area contributed by atoms with Crippen molar-refractivity contribution in [1.29, 1.82) is 0 Å². The molecule has 5 aromatic rings. The van der Waals surface area contributed by atoms with Crippen molar-refractivity contribution in [3.8, 4) is 11.3 Å². The number of aryl methyl sites for hydroxylation is 2. The fourth-order valence-electron chi connectivity index (χ4n) is 4.03. The van der Waals surface area contributed by atoms with E-state index >= 15 is 0 Å². The molecule has 2 aromatic heterocycles. The number of rotatable bonds is 1. The highest BCUT2D eigenvalue weighted by Gasteiger charge is 2.25. The van der Waals surface area contributed by atoms with E-state index in [-0.39, 0.29) is 5.82 Å². The lowest BCUT2D eigenvalue weighted by Gasteiger charge is -2.10. The Morgan fingerprint density at radius 1 is 0.852 bits per heavy atom. The van der Waals surface area contributed by atoms with Gasteiger partial charge in [-0.3, -0.25) is 0 Å². The van der Waals surface area contributed by atoms with Crippen molar-refractivity contribution in [2.24, 2.45) is 7.05 Å². The lowest BCUT2D eigenvalue weighted by molar-refractivity contribution is -0.633. The van der Waals surface area contributed by atoms with Crippen molar-refractivity contribution < 1.29 is 13.4 Å². The van der Waals surface area contributed by atoms with E-state index in [4.69, 9.17) is 4.42 Å². The fourth-order valence-corrected chi connectivity index (χ4v) is 4.03. The average molecular weight is 356 g/mol. The van der Waals surface area contributed by atoms with E-state index in [0.717, 1.165) is 49.8 Å². The number of benzene rings is 3. The van der Waals surface area contributed by atoms with Crippen LogP contribution >= 0.6 is 0 Å². The summed E-state index contributed by atoms with van der Waals surface area (Å²) < 4.78 is 23.2. The van der Waals surface area contributed by atoms with Gasteiger partial charge < -0.3 is 4.42 Å². The fraction of sp³-hybridized carbons (Fsp3) is 0.125. The number of halogens is 1. The number of hydrogen-bond donors (Lipinski definition) is 0. The molecule has 27 heavy (non-hydrogen) atoms. The molecule has 0 fully saturated rings. The maximum atomic E-state index is 14.9. The molecule has 0 radical (unpaired) electrons. The molecular weight excluding hydrogens is 337 g/mol. The Morgan fingerprint density at radius 2 is 1.56 bits per heavy atom. The Balaban J connectivity index is 1.98. The summed E-state index contributed by atoms with van der Waals surface area (Å²) in [7, 11) is 1.98. The predicted octanol–water partition coefficient (Wildman–Crippen LogP) is 5.99. The van der Waals surface area contributed by atoms with Gasteiger partial charge in [-0.15, -0.1) is 0 Å². The molecule has 0 aliphatic heterocycles. The maximum Gasteiger partial charge on any atom is 0.219 e. The third-order valence-electron chi connectivity index (χ3n) is 5.59. The summed E-state index contributed by atoms with van der Waals surface area (Å²) >= 11 is 0. The number of furan rings is 1. The summed E-state index contributed by atoms with van der Waals surface area (Å²) in [6, 6.07) is 19.4. The van der Waals surface area contributed by atoms with Gasteiger partial charge in [0, 0.05) is 22.9 Å². The van der Waals surface area contributed by atoms with Crippen LogP contribution in [-0.4, -0.2) is 0 Å². The van der Waals surface area contributed by atoms with Crippen LogP contribution in [0.2, 0.25) is 0 Å². The molecule has 5 rings (SSSR count). The second-order valence-electron chi connectivity index (χ2n) is 7.12. The Morgan fingerprint density at radius 3 is 2.37 bits per heavy atom. The van der Waals surface area contributed by atoms with Crippen LogP contribution in [0.1, 0.15) is 11.1 Å². The zero-order chi connectivity index (χ0) is 18.7. The smallest absolute Gasteiger partial charge is 0.219 e. The molecule has 0 saturated heterocycles. The normalized spacial score (nSPS) is 11.7. The van der Waals surface area contributed by atoms with Crippen molar-refractivity contribution >= 4 is 32.8 Å². The zero-order valence-electron chi connectivity index (χ0n) is 15.5. The van der Waals surface area contributed by atoms with Gasteiger partial charge in [-0.1, -0.05) is 30.3 Å². The van der Waals surface area contributed by atoms with E-state index in [9.17, 15) is 4.39 Å². The molecule has 2 heterocycles. The molecular formula is C24H19FNO+. The lowest BCUT2D eigenvalue weighted by Crippen LogP contribution is -2.32. The molecule has 0 spiro atoms. The molecule has 3 aromatic carbocycles. The van der Waals surface area contributed by atoms with Crippen molar-refractivity contribution in [2.75, 3.05) is 0 Å². The first-order chi connectivity index (χ1) is 13.1. The van der Waals surface area contributed by atoms with Crippen molar-refractivity contribution in [1.82, 2.24) is 0 Å². The van der Waals surface area contributed by atoms with Gasteiger partial charge in [0.1, 0.15) is 24.0 Å². The van der Waals surface area contributed by atoms with Crippen LogP contribution in [0.4, 0.5) is 4.39 Å². The number of para-hydroxylation sites is 2. The SMILES string of the molecule is Cc1cc2c(oc3ccccc32)c(-c2cc(F)c3ccccc3[n+]2C)c1C. The summed E-state index contributed by atoms with van der Waals surface area (Å²) in [5.41, 5.74) is 6.55. The Labute approximate surface area is 156 Å². The first-order valence-corrected chi connectivity index (χ1v) is 9.05. The van der Waals surface area contributed by atoms with Crippen LogP contribution in [0, 0.1) is 19.7 Å². The standard InChI is InChI=1S/C24H19FNO/c1-14-12-18-16-8-5-7-11-22(16)27-24(18)23(15(14)2)21-13-19(25)17-9-4-6-10-20(17)26(21)3/h4-13H,1-3H3/q+1. The highest BCUT2D eigenvalue weighted by Crippen LogP contribution is 2.39. The van der Waals surface area contributed by atoms with Gasteiger partial charge in [0.05, 0.1) is 10.9 Å². The minimum Gasteiger partial charge on any atom is -0.455 e. The van der Waals surface area contributed by atoms with Crippen LogP contribution in [0.3, 0.4) is 0 Å². The van der Waals surface area contributed by atoms with Crippen molar-refractivity contribution in [3.05, 3.63) is 77.6 Å². The molecule has 0 amide bonds. The third kappa shape index (κ3) is 2.21. The summed E-state index contributed by atoms with van der Waals surface area (Å²) in [6.07, 6.45) is 0. The molecule has 3 heteroatoms. The minimum absolute atomic E-state index is 0.219. The quantitative estimate of drug-likeness (QED) is 0.337. The summed E-state index contributed by atoms with van der Waals surface area (Å²) in [5, 5.41) is 2.77. The molecule has 0 aliphatic rings. The summed E-state index contributed by atoms with van der Waals surface area (Å²) in [6.45, 7) is 4.17. The van der Waals surface area contributed by atoms with E-state index in [0.29, 0.717) is 5.39 Å². The first-order valence-electron chi connectivity index (χ1n) is 9.05. The van der Waals surface area contributed by atoms with Crippen molar-refractivity contribution in [2.45, 2.75) is 13.8 Å². The molecule has 2 nitrogen and oxygen atoms in total. The van der Waals surface area contributed by atoms with E-state index in [1.54, 1.807) is 6.07 Å². The molecule has 0 atom stereocenters. The summed E-state index contributed by atoms with van der Waals surface area (Å²) in [4.78, 5) is 0. The highest BCUT2D eigenvalue weighted by atomic mass is 19.1.